The Morgan fingerprint density at radius 2 is 1.15 bits per heavy atom. The lowest BCUT2D eigenvalue weighted by molar-refractivity contribution is -0.211. The maximum atomic E-state index is 11.5. The third-order valence-electron chi connectivity index (χ3n) is 5.90. The zero-order chi connectivity index (χ0) is 25.8. The largest absolute Gasteiger partial charge is 0.379 e. The second kappa shape index (κ2) is 16.4. The highest BCUT2D eigenvalue weighted by atomic mass is 79.9. The summed E-state index contributed by atoms with van der Waals surface area (Å²) in [5, 5.41) is 0. The van der Waals surface area contributed by atoms with E-state index < -0.39 is 34.1 Å². The van der Waals surface area contributed by atoms with Crippen LogP contribution in [0, 0.1) is 29.6 Å². The SMILES string of the molecule is CC(C)C(COCCOCCOCC(Br)(C(C)C)C(C)C)C(O[PH](=O)O)(O[PH](=O)O)C(C)C. The van der Waals surface area contributed by atoms with Gasteiger partial charge in [-0.25, -0.2) is 0 Å². The molecule has 0 rings (SSSR count). The van der Waals surface area contributed by atoms with Crippen LogP contribution >= 0.6 is 32.4 Å². The first-order valence-electron chi connectivity index (χ1n) is 11.5. The standard InChI is InChI=1S/C21H45BrO9P2/c1-15(2)19(21(18(7)8,30-32(23)24)31-33(25)26)13-28-11-9-27-10-12-29-14-20(22,16(3)4)17(5)6/h15-19,32-33H,9-14H2,1-8H3,(H,23,24)(H,25,26). The molecule has 12 heteroatoms. The molecule has 0 saturated carbocycles. The summed E-state index contributed by atoms with van der Waals surface area (Å²) in [6, 6.07) is 0. The Morgan fingerprint density at radius 3 is 1.52 bits per heavy atom. The van der Waals surface area contributed by atoms with E-state index in [1.54, 1.807) is 13.8 Å². The van der Waals surface area contributed by atoms with Gasteiger partial charge in [-0.3, -0.25) is 18.2 Å². The van der Waals surface area contributed by atoms with Crippen LogP contribution in [0.2, 0.25) is 0 Å². The molecule has 33 heavy (non-hydrogen) atoms. The molecule has 9 nitrogen and oxygen atoms in total. The molecular weight excluding hydrogens is 538 g/mol. The van der Waals surface area contributed by atoms with E-state index in [0.717, 1.165) is 0 Å². The number of halogens is 1. The van der Waals surface area contributed by atoms with E-state index in [1.807, 2.05) is 13.8 Å². The highest BCUT2D eigenvalue weighted by molar-refractivity contribution is 9.10. The predicted molar refractivity (Wildman–Crippen MR) is 134 cm³/mol. The average Bonchev–Trinajstić information content (AvgIpc) is 2.66. The van der Waals surface area contributed by atoms with Crippen molar-refractivity contribution in [3.8, 4) is 0 Å². The van der Waals surface area contributed by atoms with Crippen LogP contribution in [0.25, 0.3) is 0 Å². The molecule has 0 saturated heterocycles. The van der Waals surface area contributed by atoms with Crippen molar-refractivity contribution < 1.29 is 42.2 Å². The third kappa shape index (κ3) is 11.5. The van der Waals surface area contributed by atoms with Gasteiger partial charge in [-0.1, -0.05) is 71.3 Å². The van der Waals surface area contributed by atoms with Gasteiger partial charge >= 0.3 is 16.5 Å². The maximum absolute atomic E-state index is 11.5. The van der Waals surface area contributed by atoms with Gasteiger partial charge in [0.05, 0.1) is 44.0 Å². The summed E-state index contributed by atoms with van der Waals surface area (Å²) in [6.45, 7) is 18.0. The van der Waals surface area contributed by atoms with Crippen molar-refractivity contribution >= 4 is 32.4 Å². The normalized spacial score (nSPS) is 17.7. The first-order chi connectivity index (χ1) is 15.2. The topological polar surface area (TPSA) is 121 Å². The van der Waals surface area contributed by atoms with Gasteiger partial charge in [-0.2, -0.15) is 0 Å². The summed E-state index contributed by atoms with van der Waals surface area (Å²) in [4.78, 5) is 18.8. The van der Waals surface area contributed by atoms with E-state index in [2.05, 4.69) is 43.6 Å². The fourth-order valence-electron chi connectivity index (χ4n) is 3.66. The molecule has 0 amide bonds. The molecule has 200 valence electrons. The summed E-state index contributed by atoms with van der Waals surface area (Å²) >= 11 is 3.83. The number of ether oxygens (including phenoxy) is 3. The van der Waals surface area contributed by atoms with E-state index in [0.29, 0.717) is 38.3 Å². The predicted octanol–water partition coefficient (Wildman–Crippen LogP) is 4.90. The van der Waals surface area contributed by atoms with Crippen LogP contribution in [0.4, 0.5) is 0 Å². The van der Waals surface area contributed by atoms with Gasteiger partial charge in [0.2, 0.25) is 0 Å². The maximum Gasteiger partial charge on any atom is 0.319 e. The summed E-state index contributed by atoms with van der Waals surface area (Å²) in [5.41, 5.74) is 0. The fourth-order valence-corrected chi connectivity index (χ4v) is 5.31. The first-order valence-corrected chi connectivity index (χ1v) is 14.8. The molecule has 0 aromatic carbocycles. The molecule has 3 atom stereocenters. The van der Waals surface area contributed by atoms with Crippen LogP contribution in [-0.2, 0) is 32.4 Å². The number of hydrogen-bond donors (Lipinski definition) is 2. The minimum absolute atomic E-state index is 0.0749. The molecule has 0 heterocycles. The molecule has 0 spiro atoms. The molecule has 2 N–H and O–H groups in total. The van der Waals surface area contributed by atoms with Crippen molar-refractivity contribution in [2.45, 2.75) is 65.5 Å². The van der Waals surface area contributed by atoms with E-state index in [4.69, 9.17) is 23.3 Å². The van der Waals surface area contributed by atoms with Crippen molar-refractivity contribution in [2.75, 3.05) is 39.6 Å². The summed E-state index contributed by atoms with van der Waals surface area (Å²) in [6.07, 6.45) is 0. The van der Waals surface area contributed by atoms with Crippen LogP contribution in [-0.4, -0.2) is 59.5 Å². The van der Waals surface area contributed by atoms with Gasteiger partial charge in [-0.15, -0.1) is 0 Å². The third-order valence-corrected chi connectivity index (χ3v) is 8.95. The van der Waals surface area contributed by atoms with E-state index in [9.17, 15) is 18.9 Å². The Morgan fingerprint density at radius 1 is 0.727 bits per heavy atom. The number of alkyl halides is 1. The molecule has 0 fully saturated rings. The second-order valence-electron chi connectivity index (χ2n) is 9.44. The molecule has 0 aliphatic carbocycles. The smallest absolute Gasteiger partial charge is 0.319 e. The summed E-state index contributed by atoms with van der Waals surface area (Å²) in [5.74, 6) is -1.99. The van der Waals surface area contributed by atoms with Gasteiger partial charge in [0, 0.05) is 11.8 Å². The van der Waals surface area contributed by atoms with Gasteiger partial charge in [-0.05, 0) is 17.8 Å². The summed E-state index contributed by atoms with van der Waals surface area (Å²) < 4.78 is 50.5. The fraction of sp³-hybridized carbons (Fsp3) is 1.00. The molecule has 0 bridgehead atoms. The lowest BCUT2D eigenvalue weighted by Crippen LogP contribution is -2.49. The van der Waals surface area contributed by atoms with Gasteiger partial charge in [0.25, 0.3) is 0 Å². The van der Waals surface area contributed by atoms with Crippen molar-refractivity contribution in [1.29, 1.82) is 0 Å². The van der Waals surface area contributed by atoms with Crippen molar-refractivity contribution in [1.82, 2.24) is 0 Å². The molecule has 0 aliphatic rings. The Kier molecular flexibility index (Phi) is 16.7. The average molecular weight is 583 g/mol. The minimum Gasteiger partial charge on any atom is -0.379 e. The van der Waals surface area contributed by atoms with Crippen molar-refractivity contribution in [3.63, 3.8) is 0 Å². The van der Waals surface area contributed by atoms with Gasteiger partial charge < -0.3 is 24.0 Å². The van der Waals surface area contributed by atoms with Crippen molar-refractivity contribution in [3.05, 3.63) is 0 Å². The van der Waals surface area contributed by atoms with Gasteiger partial charge in [0.1, 0.15) is 0 Å². The van der Waals surface area contributed by atoms with E-state index in [-0.39, 0.29) is 23.5 Å². The molecule has 0 aromatic rings. The van der Waals surface area contributed by atoms with Crippen LogP contribution in [0.15, 0.2) is 0 Å². The number of rotatable bonds is 19. The Balaban J connectivity index is 4.64. The highest BCUT2D eigenvalue weighted by Crippen LogP contribution is 2.46. The molecule has 0 aromatic heterocycles. The zero-order valence-electron chi connectivity index (χ0n) is 21.3. The first kappa shape index (κ1) is 33.7. The molecular formula is C21H45BrO9P2. The quantitative estimate of drug-likeness (QED) is 0.0947. The molecule has 0 radical (unpaired) electrons. The Hall–Kier alpha value is 0.660. The molecule has 3 unspecified atom stereocenters. The lowest BCUT2D eigenvalue weighted by atomic mass is 9.82. The molecule has 0 aliphatic heterocycles. The van der Waals surface area contributed by atoms with E-state index in [1.165, 1.54) is 0 Å². The Bertz CT molecular complexity index is 564. The van der Waals surface area contributed by atoms with E-state index >= 15 is 0 Å². The Labute approximate surface area is 209 Å². The second-order valence-corrected chi connectivity index (χ2v) is 12.4. The monoisotopic (exact) mass is 582 g/mol. The highest BCUT2D eigenvalue weighted by Gasteiger charge is 2.48. The number of hydrogen-bond acceptors (Lipinski definition) is 7. The van der Waals surface area contributed by atoms with Gasteiger partial charge in [0.15, 0.2) is 5.79 Å². The van der Waals surface area contributed by atoms with Crippen LogP contribution in [0.5, 0.6) is 0 Å². The van der Waals surface area contributed by atoms with Crippen LogP contribution in [0.1, 0.15) is 55.4 Å². The van der Waals surface area contributed by atoms with Crippen LogP contribution in [0.3, 0.4) is 0 Å². The van der Waals surface area contributed by atoms with Crippen LogP contribution < -0.4 is 0 Å². The zero-order valence-corrected chi connectivity index (χ0v) is 24.8. The summed E-state index contributed by atoms with van der Waals surface area (Å²) in [7, 11) is -6.87. The van der Waals surface area contributed by atoms with Crippen molar-refractivity contribution in [2.24, 2.45) is 29.6 Å². The minimum atomic E-state index is -3.43. The lowest BCUT2D eigenvalue weighted by Gasteiger charge is -2.42.